The van der Waals surface area contributed by atoms with E-state index in [1.807, 2.05) is 13.0 Å². The number of thiocarbonyl (C=S) groups is 1. The van der Waals surface area contributed by atoms with Crippen LogP contribution in [0.2, 0.25) is 0 Å². The lowest BCUT2D eigenvalue weighted by atomic mass is 10.1. The molecule has 1 amide bonds. The van der Waals surface area contributed by atoms with Crippen LogP contribution in [0, 0.1) is 10.1 Å². The third kappa shape index (κ3) is 4.26. The number of hydrogen-bond donors (Lipinski definition) is 2. The highest BCUT2D eigenvalue weighted by atomic mass is 32.1. The molecular weight excluding hydrogens is 330 g/mol. The predicted molar refractivity (Wildman–Crippen MR) is 94.4 cm³/mol. The molecule has 0 aliphatic rings. The lowest BCUT2D eigenvalue weighted by Crippen LogP contribution is -2.34. The average Bonchev–Trinajstić information content (AvgIpc) is 2.56. The summed E-state index contributed by atoms with van der Waals surface area (Å²) in [5, 5.41) is 16.3. The Morgan fingerprint density at radius 3 is 2.58 bits per heavy atom. The molecule has 2 N–H and O–H groups in total. The van der Waals surface area contributed by atoms with Gasteiger partial charge in [-0.3, -0.25) is 20.2 Å². The van der Waals surface area contributed by atoms with Crippen LogP contribution >= 0.6 is 12.2 Å². The fourth-order valence-corrected chi connectivity index (χ4v) is 2.20. The smallest absolute Gasteiger partial charge is 0.282 e. The van der Waals surface area contributed by atoms with Crippen molar-refractivity contribution in [1.82, 2.24) is 5.32 Å². The number of para-hydroxylation sites is 3. The first-order valence-electron chi connectivity index (χ1n) is 7.10. The Labute approximate surface area is 143 Å². The van der Waals surface area contributed by atoms with Gasteiger partial charge in [0.25, 0.3) is 11.6 Å². The SMILES string of the molecule is CCOc1ccccc1NC(=S)NC(=O)c1ccccc1[N+](=O)[O-]. The van der Waals surface area contributed by atoms with Crippen molar-refractivity contribution in [1.29, 1.82) is 0 Å². The Morgan fingerprint density at radius 1 is 1.21 bits per heavy atom. The number of nitrogens with one attached hydrogen (secondary N) is 2. The topological polar surface area (TPSA) is 93.5 Å². The van der Waals surface area contributed by atoms with Crippen LogP contribution in [-0.2, 0) is 0 Å². The molecule has 8 heteroatoms. The van der Waals surface area contributed by atoms with E-state index in [1.165, 1.54) is 18.2 Å². The molecule has 0 radical (unpaired) electrons. The Bertz CT molecular complexity index is 779. The summed E-state index contributed by atoms with van der Waals surface area (Å²) in [6.45, 7) is 2.33. The number of hydrogen-bond acceptors (Lipinski definition) is 5. The number of carbonyl (C=O) groups is 1. The Kier molecular flexibility index (Phi) is 5.80. The van der Waals surface area contributed by atoms with Crippen molar-refractivity contribution in [2.24, 2.45) is 0 Å². The second-order valence-electron chi connectivity index (χ2n) is 4.61. The maximum atomic E-state index is 12.2. The van der Waals surface area contributed by atoms with Gasteiger partial charge in [-0.2, -0.15) is 0 Å². The largest absolute Gasteiger partial charge is 0.492 e. The van der Waals surface area contributed by atoms with Gasteiger partial charge < -0.3 is 10.1 Å². The minimum absolute atomic E-state index is 0.0188. The van der Waals surface area contributed by atoms with Crippen LogP contribution in [0.15, 0.2) is 48.5 Å². The zero-order valence-electron chi connectivity index (χ0n) is 12.8. The normalized spacial score (nSPS) is 9.88. The van der Waals surface area contributed by atoms with E-state index < -0.39 is 10.8 Å². The number of carbonyl (C=O) groups excluding carboxylic acids is 1. The number of nitro groups is 1. The van der Waals surface area contributed by atoms with E-state index in [2.05, 4.69) is 10.6 Å². The van der Waals surface area contributed by atoms with E-state index in [9.17, 15) is 14.9 Å². The van der Waals surface area contributed by atoms with Crippen LogP contribution in [0.4, 0.5) is 11.4 Å². The van der Waals surface area contributed by atoms with Crippen LogP contribution in [0.1, 0.15) is 17.3 Å². The second-order valence-corrected chi connectivity index (χ2v) is 5.02. The number of nitro benzene ring substituents is 1. The summed E-state index contributed by atoms with van der Waals surface area (Å²) in [5.41, 5.74) is 0.240. The first-order chi connectivity index (χ1) is 11.5. The first-order valence-corrected chi connectivity index (χ1v) is 7.51. The fraction of sp³-hybridized carbons (Fsp3) is 0.125. The van der Waals surface area contributed by atoms with Gasteiger partial charge in [0.05, 0.1) is 17.2 Å². The fourth-order valence-electron chi connectivity index (χ4n) is 2.00. The van der Waals surface area contributed by atoms with Gasteiger partial charge in [-0.05, 0) is 37.3 Å². The van der Waals surface area contributed by atoms with Gasteiger partial charge in [-0.1, -0.05) is 24.3 Å². The molecule has 2 aromatic rings. The van der Waals surface area contributed by atoms with Gasteiger partial charge in [0.2, 0.25) is 0 Å². The molecule has 0 unspecified atom stereocenters. The molecule has 0 atom stereocenters. The highest BCUT2D eigenvalue weighted by molar-refractivity contribution is 7.80. The van der Waals surface area contributed by atoms with Crippen LogP contribution in [0.25, 0.3) is 0 Å². The van der Waals surface area contributed by atoms with E-state index in [1.54, 1.807) is 24.3 Å². The standard InChI is InChI=1S/C16H15N3O4S/c1-2-23-14-10-6-4-8-12(14)17-16(24)18-15(20)11-7-3-5-9-13(11)19(21)22/h3-10H,2H2,1H3,(H2,17,18,20,24). The number of nitrogens with zero attached hydrogens (tertiary/aromatic N) is 1. The van der Waals surface area contributed by atoms with Crippen molar-refractivity contribution in [2.45, 2.75) is 6.92 Å². The molecule has 0 bridgehead atoms. The van der Waals surface area contributed by atoms with Crippen molar-refractivity contribution >= 4 is 34.6 Å². The van der Waals surface area contributed by atoms with Gasteiger partial charge in [-0.15, -0.1) is 0 Å². The molecule has 0 aliphatic carbocycles. The molecule has 0 saturated carbocycles. The van der Waals surface area contributed by atoms with Crippen LogP contribution in [-0.4, -0.2) is 22.5 Å². The Balaban J connectivity index is 2.11. The van der Waals surface area contributed by atoms with Crippen molar-refractivity contribution < 1.29 is 14.5 Å². The van der Waals surface area contributed by atoms with E-state index in [-0.39, 0.29) is 16.4 Å². The summed E-state index contributed by atoms with van der Waals surface area (Å²) in [4.78, 5) is 22.6. The molecule has 2 aromatic carbocycles. The molecule has 124 valence electrons. The number of ether oxygens (including phenoxy) is 1. The first kappa shape index (κ1) is 17.4. The molecule has 0 aromatic heterocycles. The summed E-state index contributed by atoms with van der Waals surface area (Å²) >= 11 is 5.10. The minimum Gasteiger partial charge on any atom is -0.492 e. The molecule has 7 nitrogen and oxygen atoms in total. The molecular formula is C16H15N3O4S. The Hall–Kier alpha value is -3.00. The predicted octanol–water partition coefficient (Wildman–Crippen LogP) is 3.12. The molecule has 0 fully saturated rings. The van der Waals surface area contributed by atoms with E-state index in [0.29, 0.717) is 18.0 Å². The van der Waals surface area contributed by atoms with Crippen molar-refractivity contribution in [3.8, 4) is 5.75 Å². The molecule has 0 saturated heterocycles. The monoisotopic (exact) mass is 345 g/mol. The van der Waals surface area contributed by atoms with Gasteiger partial charge in [0.15, 0.2) is 5.11 Å². The highest BCUT2D eigenvalue weighted by Gasteiger charge is 2.20. The number of rotatable bonds is 5. The molecule has 24 heavy (non-hydrogen) atoms. The van der Waals surface area contributed by atoms with E-state index in [4.69, 9.17) is 17.0 Å². The van der Waals surface area contributed by atoms with Crippen LogP contribution in [0.3, 0.4) is 0 Å². The summed E-state index contributed by atoms with van der Waals surface area (Å²) in [5.74, 6) is -0.0732. The Morgan fingerprint density at radius 2 is 1.88 bits per heavy atom. The number of benzene rings is 2. The lowest BCUT2D eigenvalue weighted by molar-refractivity contribution is -0.385. The summed E-state index contributed by atoms with van der Waals surface area (Å²) in [7, 11) is 0. The molecule has 0 spiro atoms. The molecule has 0 aliphatic heterocycles. The van der Waals surface area contributed by atoms with Crippen molar-refractivity contribution in [2.75, 3.05) is 11.9 Å². The molecule has 2 rings (SSSR count). The molecule has 0 heterocycles. The number of amides is 1. The summed E-state index contributed by atoms with van der Waals surface area (Å²) in [6.07, 6.45) is 0. The van der Waals surface area contributed by atoms with E-state index >= 15 is 0 Å². The maximum absolute atomic E-state index is 12.2. The van der Waals surface area contributed by atoms with Gasteiger partial charge in [0.1, 0.15) is 11.3 Å². The van der Waals surface area contributed by atoms with Crippen molar-refractivity contribution in [3.63, 3.8) is 0 Å². The van der Waals surface area contributed by atoms with Gasteiger partial charge in [-0.25, -0.2) is 0 Å². The lowest BCUT2D eigenvalue weighted by Gasteiger charge is -2.13. The maximum Gasteiger partial charge on any atom is 0.282 e. The highest BCUT2D eigenvalue weighted by Crippen LogP contribution is 2.23. The van der Waals surface area contributed by atoms with Crippen LogP contribution < -0.4 is 15.4 Å². The average molecular weight is 345 g/mol. The van der Waals surface area contributed by atoms with E-state index in [0.717, 1.165) is 0 Å². The minimum atomic E-state index is -0.659. The third-order valence-electron chi connectivity index (χ3n) is 3.01. The zero-order valence-corrected chi connectivity index (χ0v) is 13.6. The van der Waals surface area contributed by atoms with Crippen LogP contribution in [0.5, 0.6) is 5.75 Å². The van der Waals surface area contributed by atoms with Gasteiger partial charge in [0, 0.05) is 6.07 Å². The van der Waals surface area contributed by atoms with Crippen molar-refractivity contribution in [3.05, 3.63) is 64.2 Å². The zero-order chi connectivity index (χ0) is 17.5. The third-order valence-corrected chi connectivity index (χ3v) is 3.21. The quantitative estimate of drug-likeness (QED) is 0.491. The number of anilines is 1. The van der Waals surface area contributed by atoms with Gasteiger partial charge >= 0.3 is 0 Å². The summed E-state index contributed by atoms with van der Waals surface area (Å²) < 4.78 is 5.45. The second kappa shape index (κ2) is 8.02. The summed E-state index contributed by atoms with van der Waals surface area (Å²) in [6, 6.07) is 12.8.